The first-order valence-electron chi connectivity index (χ1n) is 7.78. The molecule has 0 aliphatic heterocycles. The van der Waals surface area contributed by atoms with Crippen LogP contribution < -0.4 is 20.9 Å². The molecule has 7 heteroatoms. The zero-order valence-electron chi connectivity index (χ0n) is 14.0. The van der Waals surface area contributed by atoms with E-state index in [0.29, 0.717) is 11.3 Å². The highest BCUT2D eigenvalue weighted by Gasteiger charge is 2.09. The fraction of sp³-hybridized carbons (Fsp3) is 0.222. The number of rotatable bonds is 5. The van der Waals surface area contributed by atoms with Crippen LogP contribution in [0.1, 0.15) is 29.8 Å². The number of halogens is 1. The van der Waals surface area contributed by atoms with Crippen LogP contribution in [0.5, 0.6) is 5.75 Å². The van der Waals surface area contributed by atoms with Crippen molar-refractivity contribution in [3.8, 4) is 5.75 Å². The van der Waals surface area contributed by atoms with Gasteiger partial charge in [0.2, 0.25) is 0 Å². The quantitative estimate of drug-likeness (QED) is 0.729. The summed E-state index contributed by atoms with van der Waals surface area (Å²) in [6.07, 6.45) is 0. The van der Waals surface area contributed by atoms with Gasteiger partial charge in [-0.3, -0.25) is 10.2 Å². The molecular weight excluding hydrogens is 325 g/mol. The Hall–Kier alpha value is -3.09. The van der Waals surface area contributed by atoms with Gasteiger partial charge in [-0.05, 0) is 49.7 Å². The molecule has 25 heavy (non-hydrogen) atoms. The van der Waals surface area contributed by atoms with Gasteiger partial charge in [0, 0.05) is 11.6 Å². The normalized spacial score (nSPS) is 10.2. The Bertz CT molecular complexity index is 733. The maximum atomic E-state index is 12.9. The maximum Gasteiger partial charge on any atom is 0.333 e. The third-order valence-electron chi connectivity index (χ3n) is 3.12. The molecule has 0 unspecified atom stereocenters. The highest BCUT2D eigenvalue weighted by atomic mass is 19.1. The van der Waals surface area contributed by atoms with Crippen molar-refractivity contribution >= 4 is 11.9 Å². The summed E-state index contributed by atoms with van der Waals surface area (Å²) in [6, 6.07) is 12.0. The van der Waals surface area contributed by atoms with Gasteiger partial charge >= 0.3 is 6.03 Å². The first-order chi connectivity index (χ1) is 11.9. The molecule has 0 atom stereocenters. The largest absolute Gasteiger partial charge is 0.489 e. The van der Waals surface area contributed by atoms with Crippen LogP contribution in [0.4, 0.5) is 9.18 Å². The molecule has 0 heterocycles. The molecule has 0 saturated heterocycles. The van der Waals surface area contributed by atoms with E-state index in [1.165, 1.54) is 12.1 Å². The van der Waals surface area contributed by atoms with Crippen molar-refractivity contribution in [2.75, 3.05) is 0 Å². The minimum absolute atomic E-state index is 0.0416. The van der Waals surface area contributed by atoms with Crippen LogP contribution in [0.25, 0.3) is 0 Å². The first kappa shape index (κ1) is 18.3. The second kappa shape index (κ2) is 8.68. The van der Waals surface area contributed by atoms with E-state index in [2.05, 4.69) is 16.2 Å². The average Bonchev–Trinajstić information content (AvgIpc) is 2.59. The molecule has 3 amide bonds. The second-order valence-corrected chi connectivity index (χ2v) is 5.65. The highest BCUT2D eigenvalue weighted by Crippen LogP contribution is 2.15. The number of carbonyl (C=O) groups excluding carboxylic acids is 2. The van der Waals surface area contributed by atoms with Crippen molar-refractivity contribution in [2.45, 2.75) is 26.5 Å². The minimum Gasteiger partial charge on any atom is -0.489 e. The molecule has 0 aliphatic carbocycles. The van der Waals surface area contributed by atoms with E-state index >= 15 is 0 Å². The molecule has 3 N–H and O–H groups in total. The third-order valence-corrected chi connectivity index (χ3v) is 3.12. The zero-order valence-corrected chi connectivity index (χ0v) is 14.0. The number of carbonyl (C=O) groups is 2. The van der Waals surface area contributed by atoms with E-state index in [1.54, 1.807) is 36.4 Å². The van der Waals surface area contributed by atoms with E-state index in [-0.39, 0.29) is 18.5 Å². The SMILES string of the molecule is CC(C)NC(=O)NNC(=O)c1cccc(OCc2ccc(F)cc2)c1. The molecule has 0 saturated carbocycles. The van der Waals surface area contributed by atoms with Gasteiger partial charge in [0.05, 0.1) is 0 Å². The van der Waals surface area contributed by atoms with Gasteiger partial charge in [-0.2, -0.15) is 0 Å². The summed E-state index contributed by atoms with van der Waals surface area (Å²) < 4.78 is 18.5. The predicted molar refractivity (Wildman–Crippen MR) is 91.4 cm³/mol. The third kappa shape index (κ3) is 6.14. The van der Waals surface area contributed by atoms with Gasteiger partial charge < -0.3 is 10.1 Å². The Balaban J connectivity index is 1.90. The summed E-state index contributed by atoms with van der Waals surface area (Å²) in [4.78, 5) is 23.5. The van der Waals surface area contributed by atoms with Gasteiger partial charge in [0.25, 0.3) is 5.91 Å². The number of urea groups is 1. The Morgan fingerprint density at radius 1 is 1.08 bits per heavy atom. The van der Waals surface area contributed by atoms with Crippen molar-refractivity contribution in [1.29, 1.82) is 0 Å². The summed E-state index contributed by atoms with van der Waals surface area (Å²) in [7, 11) is 0. The molecule has 0 spiro atoms. The molecular formula is C18H20FN3O3. The van der Waals surface area contributed by atoms with Crippen LogP contribution in [0.15, 0.2) is 48.5 Å². The van der Waals surface area contributed by atoms with Crippen molar-refractivity contribution in [3.05, 3.63) is 65.5 Å². The summed E-state index contributed by atoms with van der Waals surface area (Å²) >= 11 is 0. The lowest BCUT2D eigenvalue weighted by molar-refractivity contribution is 0.0935. The van der Waals surface area contributed by atoms with Crippen LogP contribution in [0.2, 0.25) is 0 Å². The number of hydrogen-bond acceptors (Lipinski definition) is 3. The molecule has 0 aliphatic rings. The van der Waals surface area contributed by atoms with Gasteiger partial charge in [0.1, 0.15) is 18.2 Å². The average molecular weight is 345 g/mol. The Morgan fingerprint density at radius 2 is 1.80 bits per heavy atom. The Morgan fingerprint density at radius 3 is 2.48 bits per heavy atom. The van der Waals surface area contributed by atoms with Crippen molar-refractivity contribution in [2.24, 2.45) is 0 Å². The fourth-order valence-corrected chi connectivity index (χ4v) is 1.96. The van der Waals surface area contributed by atoms with Crippen LogP contribution in [0, 0.1) is 5.82 Å². The summed E-state index contributed by atoms with van der Waals surface area (Å²) in [5.74, 6) is -0.286. The topological polar surface area (TPSA) is 79.5 Å². The van der Waals surface area contributed by atoms with Crippen LogP contribution in [0.3, 0.4) is 0 Å². The smallest absolute Gasteiger partial charge is 0.333 e. The van der Waals surface area contributed by atoms with Crippen LogP contribution >= 0.6 is 0 Å². The Labute approximate surface area is 145 Å². The standard InChI is InChI=1S/C18H20FN3O3/c1-12(2)20-18(24)22-21-17(23)14-4-3-5-16(10-14)25-11-13-6-8-15(19)9-7-13/h3-10,12H,11H2,1-2H3,(H,21,23)(H2,20,22,24). The lowest BCUT2D eigenvalue weighted by atomic mass is 10.2. The summed E-state index contributed by atoms with van der Waals surface area (Å²) in [5, 5.41) is 2.59. The first-order valence-corrected chi connectivity index (χ1v) is 7.78. The van der Waals surface area contributed by atoms with Crippen LogP contribution in [-0.2, 0) is 6.61 Å². The molecule has 2 aromatic rings. The van der Waals surface area contributed by atoms with E-state index < -0.39 is 11.9 Å². The Kier molecular flexibility index (Phi) is 6.33. The van der Waals surface area contributed by atoms with Gasteiger partial charge in [-0.1, -0.05) is 18.2 Å². The van der Waals surface area contributed by atoms with Crippen molar-refractivity contribution < 1.29 is 18.7 Å². The predicted octanol–water partition coefficient (Wildman–Crippen LogP) is 2.76. The van der Waals surface area contributed by atoms with E-state index in [4.69, 9.17) is 4.74 Å². The second-order valence-electron chi connectivity index (χ2n) is 5.65. The number of hydrogen-bond donors (Lipinski definition) is 3. The molecule has 2 aromatic carbocycles. The van der Waals surface area contributed by atoms with Crippen molar-refractivity contribution in [3.63, 3.8) is 0 Å². The van der Waals surface area contributed by atoms with E-state index in [1.807, 2.05) is 13.8 Å². The number of benzene rings is 2. The van der Waals surface area contributed by atoms with E-state index in [9.17, 15) is 14.0 Å². The molecule has 0 radical (unpaired) electrons. The number of ether oxygens (including phenoxy) is 1. The minimum atomic E-state index is -0.493. The van der Waals surface area contributed by atoms with Crippen molar-refractivity contribution in [1.82, 2.24) is 16.2 Å². The van der Waals surface area contributed by atoms with Gasteiger partial charge in [-0.15, -0.1) is 0 Å². The molecule has 0 fully saturated rings. The zero-order chi connectivity index (χ0) is 18.2. The molecule has 2 rings (SSSR count). The number of nitrogens with one attached hydrogen (secondary N) is 3. The van der Waals surface area contributed by atoms with Crippen LogP contribution in [-0.4, -0.2) is 18.0 Å². The summed E-state index contributed by atoms with van der Waals surface area (Å²) in [5.41, 5.74) is 5.73. The number of hydrazine groups is 1. The lowest BCUT2D eigenvalue weighted by Crippen LogP contribution is -2.48. The molecule has 132 valence electrons. The van der Waals surface area contributed by atoms with Gasteiger partial charge in [0.15, 0.2) is 0 Å². The lowest BCUT2D eigenvalue weighted by Gasteiger charge is -2.12. The number of amides is 3. The maximum absolute atomic E-state index is 12.9. The monoisotopic (exact) mass is 345 g/mol. The summed E-state index contributed by atoms with van der Waals surface area (Å²) in [6.45, 7) is 3.87. The fourth-order valence-electron chi connectivity index (χ4n) is 1.96. The van der Waals surface area contributed by atoms with E-state index in [0.717, 1.165) is 5.56 Å². The molecule has 0 bridgehead atoms. The highest BCUT2D eigenvalue weighted by molar-refractivity contribution is 5.95. The van der Waals surface area contributed by atoms with Gasteiger partial charge in [-0.25, -0.2) is 14.6 Å². The molecule has 0 aromatic heterocycles. The molecule has 6 nitrogen and oxygen atoms in total.